The van der Waals surface area contributed by atoms with Crippen LogP contribution in [0, 0.1) is 5.82 Å². The predicted octanol–water partition coefficient (Wildman–Crippen LogP) is 4.97. The molecule has 0 saturated carbocycles. The van der Waals surface area contributed by atoms with Crippen molar-refractivity contribution in [1.29, 1.82) is 0 Å². The Morgan fingerprint density at radius 1 is 1.00 bits per heavy atom. The summed E-state index contributed by atoms with van der Waals surface area (Å²) < 4.78 is 90.7. The number of rotatable bonds is 2. The van der Waals surface area contributed by atoms with E-state index in [2.05, 4.69) is 0 Å². The van der Waals surface area contributed by atoms with Crippen molar-refractivity contribution in [3.8, 4) is 0 Å². The van der Waals surface area contributed by atoms with Crippen LogP contribution in [0.3, 0.4) is 0 Å². The van der Waals surface area contributed by atoms with Crippen molar-refractivity contribution in [1.82, 2.24) is 0 Å². The molecule has 2 rings (SSSR count). The Morgan fingerprint density at radius 2 is 1.64 bits per heavy atom. The van der Waals surface area contributed by atoms with Gasteiger partial charge in [-0.2, -0.15) is 26.3 Å². The second-order valence-electron chi connectivity index (χ2n) is 4.41. The van der Waals surface area contributed by atoms with Crippen molar-refractivity contribution in [2.75, 3.05) is 0 Å². The Kier molecular flexibility index (Phi) is 4.22. The van der Waals surface area contributed by atoms with Gasteiger partial charge in [0.1, 0.15) is 5.82 Å². The van der Waals surface area contributed by atoms with Crippen molar-refractivity contribution in [3.63, 3.8) is 0 Å². The average Bonchev–Trinajstić information content (AvgIpc) is 2.88. The van der Waals surface area contributed by atoms with Crippen LogP contribution in [-0.4, -0.2) is 0 Å². The van der Waals surface area contributed by atoms with E-state index in [1.807, 2.05) is 0 Å². The Balaban J connectivity index is 2.68. The van der Waals surface area contributed by atoms with Crippen molar-refractivity contribution in [2.24, 2.45) is 5.73 Å². The summed E-state index contributed by atoms with van der Waals surface area (Å²) in [5, 5.41) is 1.52. The first-order valence-corrected chi connectivity index (χ1v) is 6.66. The molecular formula is C13H8F7NS. The second kappa shape index (κ2) is 5.54. The highest BCUT2D eigenvalue weighted by molar-refractivity contribution is 7.10. The zero-order chi connectivity index (χ0) is 16.7. The lowest BCUT2D eigenvalue weighted by molar-refractivity contribution is -0.143. The summed E-state index contributed by atoms with van der Waals surface area (Å²) in [7, 11) is 0. The van der Waals surface area contributed by atoms with Crippen molar-refractivity contribution in [3.05, 3.63) is 57.0 Å². The molecule has 2 aromatic rings. The van der Waals surface area contributed by atoms with E-state index in [4.69, 9.17) is 5.73 Å². The van der Waals surface area contributed by atoms with E-state index in [1.165, 1.54) is 17.5 Å². The largest absolute Gasteiger partial charge is 0.416 e. The summed E-state index contributed by atoms with van der Waals surface area (Å²) in [4.78, 5) is 0.212. The molecule has 9 heteroatoms. The van der Waals surface area contributed by atoms with Crippen LogP contribution in [0.25, 0.3) is 0 Å². The monoisotopic (exact) mass is 343 g/mol. The van der Waals surface area contributed by atoms with Crippen LogP contribution in [0.2, 0.25) is 0 Å². The summed E-state index contributed by atoms with van der Waals surface area (Å²) in [5.74, 6) is -1.64. The molecule has 0 aliphatic rings. The second-order valence-corrected chi connectivity index (χ2v) is 5.39. The Hall–Kier alpha value is -1.61. The van der Waals surface area contributed by atoms with Gasteiger partial charge in [-0.15, -0.1) is 11.3 Å². The highest BCUT2D eigenvalue weighted by atomic mass is 32.1. The molecule has 0 spiro atoms. The van der Waals surface area contributed by atoms with Crippen molar-refractivity contribution in [2.45, 2.75) is 18.4 Å². The first-order valence-electron chi connectivity index (χ1n) is 5.78. The van der Waals surface area contributed by atoms with Gasteiger partial charge in [0.15, 0.2) is 0 Å². The van der Waals surface area contributed by atoms with Gasteiger partial charge >= 0.3 is 12.4 Å². The van der Waals surface area contributed by atoms with E-state index < -0.39 is 40.9 Å². The van der Waals surface area contributed by atoms with E-state index in [0.29, 0.717) is 0 Å². The van der Waals surface area contributed by atoms with Crippen LogP contribution >= 0.6 is 11.3 Å². The molecule has 0 unspecified atom stereocenters. The first-order chi connectivity index (χ1) is 10.0. The summed E-state index contributed by atoms with van der Waals surface area (Å²) in [5.41, 5.74) is 1.18. The zero-order valence-electron chi connectivity index (χ0n) is 10.6. The van der Waals surface area contributed by atoms with Gasteiger partial charge in [0.05, 0.1) is 17.2 Å². The van der Waals surface area contributed by atoms with Gasteiger partial charge in [-0.05, 0) is 23.6 Å². The molecule has 0 aliphatic heterocycles. The third-order valence-corrected chi connectivity index (χ3v) is 3.88. The molecule has 120 valence electrons. The summed E-state index contributed by atoms with van der Waals surface area (Å²) >= 11 is 0.982. The quantitative estimate of drug-likeness (QED) is 0.765. The van der Waals surface area contributed by atoms with Crippen molar-refractivity contribution < 1.29 is 30.7 Å². The maximum Gasteiger partial charge on any atom is 0.416 e. The molecule has 1 nitrogen and oxygen atoms in total. The molecule has 0 saturated heterocycles. The van der Waals surface area contributed by atoms with Gasteiger partial charge in [0, 0.05) is 10.4 Å². The van der Waals surface area contributed by atoms with Gasteiger partial charge in [0.2, 0.25) is 0 Å². The van der Waals surface area contributed by atoms with Gasteiger partial charge < -0.3 is 5.73 Å². The molecule has 0 radical (unpaired) electrons. The smallest absolute Gasteiger partial charge is 0.320 e. The number of hydrogen-bond acceptors (Lipinski definition) is 2. The third kappa shape index (κ3) is 3.25. The van der Waals surface area contributed by atoms with Gasteiger partial charge in [-0.3, -0.25) is 0 Å². The number of benzene rings is 1. The third-order valence-electron chi connectivity index (χ3n) is 2.92. The maximum absolute atomic E-state index is 13.9. The SMILES string of the molecule is N[C@@H](c1cccs1)c1c(F)cc(C(F)(F)F)cc1C(F)(F)F. The van der Waals surface area contributed by atoms with Crippen LogP contribution in [0.5, 0.6) is 0 Å². The van der Waals surface area contributed by atoms with E-state index in [0.717, 1.165) is 11.3 Å². The average molecular weight is 343 g/mol. The molecule has 22 heavy (non-hydrogen) atoms. The molecular weight excluding hydrogens is 335 g/mol. The lowest BCUT2D eigenvalue weighted by atomic mass is 9.96. The minimum absolute atomic E-state index is 0.0258. The number of halogens is 7. The lowest BCUT2D eigenvalue weighted by Gasteiger charge is -2.20. The molecule has 1 aromatic carbocycles. The topological polar surface area (TPSA) is 26.0 Å². The normalized spacial score (nSPS) is 14.2. The molecule has 1 heterocycles. The van der Waals surface area contributed by atoms with Crippen LogP contribution in [-0.2, 0) is 12.4 Å². The van der Waals surface area contributed by atoms with Gasteiger partial charge in [-0.25, -0.2) is 4.39 Å². The van der Waals surface area contributed by atoms with Gasteiger partial charge in [0.25, 0.3) is 0 Å². The van der Waals surface area contributed by atoms with Gasteiger partial charge in [-0.1, -0.05) is 6.07 Å². The zero-order valence-corrected chi connectivity index (χ0v) is 11.4. The molecule has 0 aliphatic carbocycles. The predicted molar refractivity (Wildman–Crippen MR) is 66.8 cm³/mol. The standard InChI is InChI=1S/C13H8F7NS/c14-8-5-6(12(15,16)17)4-7(13(18,19)20)10(8)11(21)9-2-1-3-22-9/h1-5,11H,21H2/t11-/m0/s1. The number of thiophene rings is 1. The Morgan fingerprint density at radius 3 is 2.09 bits per heavy atom. The van der Waals surface area contributed by atoms with E-state index in [-0.39, 0.29) is 17.0 Å². The number of nitrogens with two attached hydrogens (primary N) is 1. The first kappa shape index (κ1) is 16.8. The summed E-state index contributed by atoms with van der Waals surface area (Å²) in [6, 6.07) is 1.28. The Bertz CT molecular complexity index is 658. The lowest BCUT2D eigenvalue weighted by Crippen LogP contribution is -2.21. The molecule has 2 N–H and O–H groups in total. The fourth-order valence-corrected chi connectivity index (χ4v) is 2.68. The highest BCUT2D eigenvalue weighted by Gasteiger charge is 2.41. The molecule has 1 aromatic heterocycles. The Labute approximate surface area is 124 Å². The van der Waals surface area contributed by atoms with Crippen LogP contribution in [0.1, 0.15) is 27.6 Å². The number of hydrogen-bond donors (Lipinski definition) is 1. The number of alkyl halides is 6. The van der Waals surface area contributed by atoms with Crippen LogP contribution < -0.4 is 5.73 Å². The van der Waals surface area contributed by atoms with Crippen LogP contribution in [0.15, 0.2) is 29.6 Å². The summed E-state index contributed by atoms with van der Waals surface area (Å²) in [6.45, 7) is 0. The summed E-state index contributed by atoms with van der Waals surface area (Å²) in [6.07, 6.45) is -10.3. The molecule has 0 amide bonds. The van der Waals surface area contributed by atoms with E-state index >= 15 is 0 Å². The maximum atomic E-state index is 13.9. The fraction of sp³-hybridized carbons (Fsp3) is 0.231. The molecule has 0 bridgehead atoms. The fourth-order valence-electron chi connectivity index (χ4n) is 1.94. The van der Waals surface area contributed by atoms with E-state index in [1.54, 1.807) is 0 Å². The van der Waals surface area contributed by atoms with Crippen molar-refractivity contribution >= 4 is 11.3 Å². The minimum Gasteiger partial charge on any atom is -0.320 e. The molecule has 0 fully saturated rings. The van der Waals surface area contributed by atoms with E-state index in [9.17, 15) is 30.7 Å². The molecule has 1 atom stereocenters. The highest BCUT2D eigenvalue weighted by Crippen LogP contribution is 2.41. The van der Waals surface area contributed by atoms with Crippen LogP contribution in [0.4, 0.5) is 30.7 Å². The minimum atomic E-state index is -5.16.